The van der Waals surface area contributed by atoms with Crippen LogP contribution >= 0.6 is 24.8 Å². The molecule has 1 aliphatic heterocycles. The first kappa shape index (κ1) is 25.9. The number of halogens is 2. The minimum atomic E-state index is -0.524. The van der Waals surface area contributed by atoms with Crippen LogP contribution in [0.15, 0.2) is 42.7 Å². The van der Waals surface area contributed by atoms with Crippen molar-refractivity contribution >= 4 is 36.6 Å². The first-order chi connectivity index (χ1) is 13.6. The molecule has 166 valence electrons. The van der Waals surface area contributed by atoms with Gasteiger partial charge in [-0.1, -0.05) is 30.3 Å². The van der Waals surface area contributed by atoms with Gasteiger partial charge in [-0.05, 0) is 12.6 Å². The fourth-order valence-corrected chi connectivity index (χ4v) is 3.41. The van der Waals surface area contributed by atoms with E-state index in [4.69, 9.17) is 0 Å². The van der Waals surface area contributed by atoms with Crippen LogP contribution in [-0.4, -0.2) is 71.2 Å². The van der Waals surface area contributed by atoms with E-state index in [1.54, 1.807) is 31.2 Å². The van der Waals surface area contributed by atoms with Crippen molar-refractivity contribution in [1.82, 2.24) is 30.2 Å². The summed E-state index contributed by atoms with van der Waals surface area (Å²) < 4.78 is 1.65. The molecule has 2 amide bonds. The Balaban J connectivity index is 0.00000225. The molecule has 1 unspecified atom stereocenters. The van der Waals surface area contributed by atoms with Gasteiger partial charge in [-0.15, -0.1) is 24.8 Å². The van der Waals surface area contributed by atoms with Crippen molar-refractivity contribution in [2.45, 2.75) is 12.6 Å². The Morgan fingerprint density at radius 2 is 1.77 bits per heavy atom. The number of likely N-dealkylation sites (N-methyl/N-ethyl adjacent to an activating group) is 1. The quantitative estimate of drug-likeness (QED) is 0.648. The molecular formula is C20H30Cl2N6O2. The molecule has 1 aromatic carbocycles. The van der Waals surface area contributed by atoms with E-state index in [2.05, 4.69) is 32.8 Å². The number of aromatic nitrogens is 2. The van der Waals surface area contributed by atoms with E-state index in [1.165, 1.54) is 5.56 Å². The molecule has 10 heteroatoms. The van der Waals surface area contributed by atoms with Gasteiger partial charge in [0, 0.05) is 51.5 Å². The van der Waals surface area contributed by atoms with E-state index in [-0.39, 0.29) is 43.2 Å². The standard InChI is InChI=1S/C20H28N6O2.2ClH/c1-21-19(17-12-23-24(2)15-17)20(28)22-13-18(27)26-10-8-25(9-11-26)14-16-6-4-3-5-7-16;;/h3-7,12,15,19,21H,8-11,13-14H2,1-2H3,(H,22,28);2*1H. The van der Waals surface area contributed by atoms with E-state index in [0.717, 1.165) is 25.2 Å². The maximum Gasteiger partial charge on any atom is 0.242 e. The maximum atomic E-state index is 12.5. The Morgan fingerprint density at radius 1 is 1.10 bits per heavy atom. The second kappa shape index (κ2) is 12.5. The topological polar surface area (TPSA) is 82.5 Å². The number of hydrogen-bond donors (Lipinski definition) is 2. The summed E-state index contributed by atoms with van der Waals surface area (Å²) in [5.74, 6) is -0.277. The minimum Gasteiger partial charge on any atom is -0.345 e. The summed E-state index contributed by atoms with van der Waals surface area (Å²) in [6.45, 7) is 3.94. The van der Waals surface area contributed by atoms with E-state index in [1.807, 2.05) is 23.1 Å². The van der Waals surface area contributed by atoms with E-state index >= 15 is 0 Å². The second-order valence-electron chi connectivity index (χ2n) is 7.03. The molecule has 1 atom stereocenters. The third-order valence-corrected chi connectivity index (χ3v) is 5.00. The summed E-state index contributed by atoms with van der Waals surface area (Å²) in [5, 5.41) is 9.80. The van der Waals surface area contributed by atoms with Crippen molar-refractivity contribution in [2.24, 2.45) is 7.05 Å². The molecule has 0 aliphatic carbocycles. The number of piperazine rings is 1. The monoisotopic (exact) mass is 456 g/mol. The predicted octanol–water partition coefficient (Wildman–Crippen LogP) is 0.985. The molecular weight excluding hydrogens is 427 g/mol. The normalized spacial score (nSPS) is 14.9. The molecule has 1 aromatic heterocycles. The summed E-state index contributed by atoms with van der Waals surface area (Å²) in [6.07, 6.45) is 3.43. The Morgan fingerprint density at radius 3 is 2.33 bits per heavy atom. The zero-order valence-electron chi connectivity index (χ0n) is 17.3. The van der Waals surface area contributed by atoms with Crippen LogP contribution in [0.25, 0.3) is 0 Å². The van der Waals surface area contributed by atoms with Gasteiger partial charge in [-0.25, -0.2) is 0 Å². The third-order valence-electron chi connectivity index (χ3n) is 5.00. The highest BCUT2D eigenvalue weighted by molar-refractivity contribution is 5.88. The third kappa shape index (κ3) is 6.98. The molecule has 0 spiro atoms. The summed E-state index contributed by atoms with van der Waals surface area (Å²) in [6, 6.07) is 9.82. The van der Waals surface area contributed by atoms with Crippen LogP contribution in [-0.2, 0) is 23.2 Å². The SMILES string of the molecule is CNC(C(=O)NCC(=O)N1CCN(Cc2ccccc2)CC1)c1cnn(C)c1.Cl.Cl. The molecule has 0 saturated carbocycles. The average Bonchev–Trinajstić information content (AvgIpc) is 3.14. The molecule has 1 aliphatic rings. The van der Waals surface area contributed by atoms with Gasteiger partial charge >= 0.3 is 0 Å². The number of carbonyl (C=O) groups excluding carboxylic acids is 2. The van der Waals surface area contributed by atoms with Crippen LogP contribution < -0.4 is 10.6 Å². The molecule has 0 bridgehead atoms. The first-order valence-electron chi connectivity index (χ1n) is 9.54. The van der Waals surface area contributed by atoms with E-state index in [0.29, 0.717) is 13.1 Å². The van der Waals surface area contributed by atoms with Crippen LogP contribution in [0.1, 0.15) is 17.2 Å². The minimum absolute atomic E-state index is 0. The second-order valence-corrected chi connectivity index (χ2v) is 7.03. The molecule has 1 saturated heterocycles. The average molecular weight is 457 g/mol. The fraction of sp³-hybridized carbons (Fsp3) is 0.450. The lowest BCUT2D eigenvalue weighted by Crippen LogP contribution is -2.51. The summed E-state index contributed by atoms with van der Waals surface area (Å²) in [5.41, 5.74) is 2.05. The van der Waals surface area contributed by atoms with Crippen molar-refractivity contribution in [2.75, 3.05) is 39.8 Å². The number of rotatable bonds is 7. The highest BCUT2D eigenvalue weighted by atomic mass is 35.5. The van der Waals surface area contributed by atoms with Crippen molar-refractivity contribution in [3.05, 3.63) is 53.9 Å². The molecule has 2 heterocycles. The van der Waals surface area contributed by atoms with E-state index in [9.17, 15) is 9.59 Å². The van der Waals surface area contributed by atoms with Crippen molar-refractivity contribution in [3.8, 4) is 0 Å². The van der Waals surface area contributed by atoms with Gasteiger partial charge in [-0.3, -0.25) is 19.2 Å². The summed E-state index contributed by atoms with van der Waals surface area (Å²) >= 11 is 0. The largest absolute Gasteiger partial charge is 0.345 e. The van der Waals surface area contributed by atoms with Crippen LogP contribution in [0.5, 0.6) is 0 Å². The van der Waals surface area contributed by atoms with Gasteiger partial charge in [0.15, 0.2) is 0 Å². The Kier molecular flexibility index (Phi) is 10.8. The Hall–Kier alpha value is -2.13. The maximum absolute atomic E-state index is 12.5. The number of carbonyl (C=O) groups is 2. The van der Waals surface area contributed by atoms with Gasteiger partial charge < -0.3 is 15.5 Å². The molecule has 1 fully saturated rings. The van der Waals surface area contributed by atoms with Gasteiger partial charge in [0.2, 0.25) is 11.8 Å². The van der Waals surface area contributed by atoms with Crippen molar-refractivity contribution in [1.29, 1.82) is 0 Å². The molecule has 0 radical (unpaired) electrons. The van der Waals surface area contributed by atoms with Gasteiger partial charge in [-0.2, -0.15) is 5.10 Å². The molecule has 3 rings (SSSR count). The Bertz CT molecular complexity index is 794. The van der Waals surface area contributed by atoms with Crippen molar-refractivity contribution in [3.63, 3.8) is 0 Å². The lowest BCUT2D eigenvalue weighted by Gasteiger charge is -2.34. The number of nitrogens with zero attached hydrogens (tertiary/aromatic N) is 4. The number of amides is 2. The first-order valence-corrected chi connectivity index (χ1v) is 9.54. The highest BCUT2D eigenvalue weighted by Crippen LogP contribution is 2.11. The van der Waals surface area contributed by atoms with Gasteiger partial charge in [0.25, 0.3) is 0 Å². The smallest absolute Gasteiger partial charge is 0.242 e. The van der Waals surface area contributed by atoms with Crippen LogP contribution in [0.3, 0.4) is 0 Å². The van der Waals surface area contributed by atoms with Crippen LogP contribution in [0.4, 0.5) is 0 Å². The molecule has 8 nitrogen and oxygen atoms in total. The Labute approximate surface area is 189 Å². The lowest BCUT2D eigenvalue weighted by atomic mass is 10.1. The number of nitrogens with one attached hydrogen (secondary N) is 2. The molecule has 2 aromatic rings. The zero-order valence-corrected chi connectivity index (χ0v) is 18.9. The highest BCUT2D eigenvalue weighted by Gasteiger charge is 2.24. The number of hydrogen-bond acceptors (Lipinski definition) is 5. The van der Waals surface area contributed by atoms with Gasteiger partial charge in [0.1, 0.15) is 6.04 Å². The molecule has 2 N–H and O–H groups in total. The van der Waals surface area contributed by atoms with Crippen LogP contribution in [0.2, 0.25) is 0 Å². The van der Waals surface area contributed by atoms with Gasteiger partial charge in [0.05, 0.1) is 12.7 Å². The lowest BCUT2D eigenvalue weighted by molar-refractivity contribution is -0.134. The van der Waals surface area contributed by atoms with Crippen molar-refractivity contribution < 1.29 is 9.59 Å². The number of aryl methyl sites for hydroxylation is 1. The van der Waals surface area contributed by atoms with Crippen LogP contribution in [0, 0.1) is 0 Å². The zero-order chi connectivity index (χ0) is 19.9. The summed E-state index contributed by atoms with van der Waals surface area (Å²) in [4.78, 5) is 29.1. The predicted molar refractivity (Wildman–Crippen MR) is 121 cm³/mol. The fourth-order valence-electron chi connectivity index (χ4n) is 3.41. The molecule has 30 heavy (non-hydrogen) atoms. The summed E-state index contributed by atoms with van der Waals surface area (Å²) in [7, 11) is 3.51. The van der Waals surface area contributed by atoms with E-state index < -0.39 is 6.04 Å². The number of benzene rings is 1.